The maximum atomic E-state index is 12.8. The predicted octanol–water partition coefficient (Wildman–Crippen LogP) is 2.62. The van der Waals surface area contributed by atoms with Crippen molar-refractivity contribution in [1.29, 1.82) is 0 Å². The van der Waals surface area contributed by atoms with Gasteiger partial charge in [0.05, 0.1) is 6.10 Å². The third-order valence-corrected chi connectivity index (χ3v) is 6.48. The number of carbonyl (C=O) groups excluding carboxylic acids is 1. The van der Waals surface area contributed by atoms with Crippen LogP contribution in [0, 0.1) is 11.8 Å². The van der Waals surface area contributed by atoms with E-state index in [0.717, 1.165) is 57.4 Å². The second-order valence-electron chi connectivity index (χ2n) is 8.26. The van der Waals surface area contributed by atoms with E-state index >= 15 is 0 Å². The second-order valence-corrected chi connectivity index (χ2v) is 8.26. The molecule has 2 saturated heterocycles. The minimum absolute atomic E-state index is 0.183. The number of benzene rings is 1. The summed E-state index contributed by atoms with van der Waals surface area (Å²) < 4.78 is 0. The van der Waals surface area contributed by atoms with Crippen molar-refractivity contribution < 1.29 is 9.90 Å². The number of rotatable bonds is 2. The summed E-state index contributed by atoms with van der Waals surface area (Å²) in [6.45, 7) is 5.99. The van der Waals surface area contributed by atoms with Crippen molar-refractivity contribution in [3.05, 3.63) is 35.4 Å². The Morgan fingerprint density at radius 2 is 1.88 bits per heavy atom. The van der Waals surface area contributed by atoms with E-state index in [1.54, 1.807) is 0 Å². The van der Waals surface area contributed by atoms with E-state index in [1.807, 2.05) is 12.1 Å². The van der Waals surface area contributed by atoms with E-state index in [1.165, 1.54) is 12.0 Å². The van der Waals surface area contributed by atoms with Crippen LogP contribution in [0.3, 0.4) is 0 Å². The molecule has 136 valence electrons. The number of carbonyl (C=O) groups is 1. The molecule has 3 atom stereocenters. The van der Waals surface area contributed by atoms with Crippen molar-refractivity contribution in [2.45, 2.75) is 51.2 Å². The summed E-state index contributed by atoms with van der Waals surface area (Å²) in [7, 11) is 0. The molecule has 4 rings (SSSR count). The van der Waals surface area contributed by atoms with Gasteiger partial charge in [-0.1, -0.05) is 31.2 Å². The molecular formula is C21H30N2O2. The highest BCUT2D eigenvalue weighted by atomic mass is 16.3. The first-order chi connectivity index (χ1) is 12.1. The molecule has 0 spiro atoms. The summed E-state index contributed by atoms with van der Waals surface area (Å²) in [6, 6.07) is 8.43. The summed E-state index contributed by atoms with van der Waals surface area (Å²) in [6.07, 6.45) is 4.82. The van der Waals surface area contributed by atoms with E-state index in [-0.39, 0.29) is 18.1 Å². The lowest BCUT2D eigenvalue weighted by molar-refractivity contribution is -0.139. The lowest BCUT2D eigenvalue weighted by Gasteiger charge is -2.39. The fourth-order valence-electron chi connectivity index (χ4n) is 5.01. The highest BCUT2D eigenvalue weighted by molar-refractivity contribution is 5.79. The number of amides is 1. The Morgan fingerprint density at radius 3 is 2.60 bits per heavy atom. The minimum Gasteiger partial charge on any atom is -0.387 e. The molecule has 2 aliphatic heterocycles. The van der Waals surface area contributed by atoms with Crippen LogP contribution < -0.4 is 0 Å². The van der Waals surface area contributed by atoms with Crippen molar-refractivity contribution in [3.63, 3.8) is 0 Å². The van der Waals surface area contributed by atoms with Crippen molar-refractivity contribution in [2.75, 3.05) is 26.2 Å². The van der Waals surface area contributed by atoms with E-state index in [9.17, 15) is 9.90 Å². The number of aliphatic hydroxyl groups is 1. The molecule has 0 bridgehead atoms. The van der Waals surface area contributed by atoms with Gasteiger partial charge in [0.25, 0.3) is 0 Å². The average Bonchev–Trinajstić information content (AvgIpc) is 2.98. The van der Waals surface area contributed by atoms with Crippen LogP contribution in [0.15, 0.2) is 24.3 Å². The molecule has 1 aromatic carbocycles. The third-order valence-electron chi connectivity index (χ3n) is 6.48. The Kier molecular flexibility index (Phi) is 4.83. The molecule has 3 aliphatic rings. The van der Waals surface area contributed by atoms with Crippen LogP contribution in [-0.4, -0.2) is 53.0 Å². The lowest BCUT2D eigenvalue weighted by Crippen LogP contribution is -2.48. The Balaban J connectivity index is 1.34. The number of fused-ring (bicyclic) bond motifs is 1. The summed E-state index contributed by atoms with van der Waals surface area (Å²) in [4.78, 5) is 17.3. The fraction of sp³-hybridized carbons (Fsp3) is 0.667. The topological polar surface area (TPSA) is 43.8 Å². The fourth-order valence-corrected chi connectivity index (χ4v) is 5.01. The quantitative estimate of drug-likeness (QED) is 0.898. The number of nitrogens with zero attached hydrogens (tertiary/aromatic N) is 2. The van der Waals surface area contributed by atoms with E-state index in [4.69, 9.17) is 0 Å². The van der Waals surface area contributed by atoms with Crippen molar-refractivity contribution >= 4 is 5.91 Å². The number of hydrogen-bond acceptors (Lipinski definition) is 3. The number of hydrogen-bond donors (Lipinski definition) is 1. The van der Waals surface area contributed by atoms with Gasteiger partial charge in [0.15, 0.2) is 0 Å². The van der Waals surface area contributed by atoms with Gasteiger partial charge in [-0.05, 0) is 62.2 Å². The standard InChI is InChI=1S/C21H30N2O2/c1-15-5-4-10-23(14-15)21(25)16-8-11-22(12-9-16)19-13-17-6-2-3-7-18(17)20(19)24/h2-3,6-7,15-16,19-20,24H,4-5,8-14H2,1H3/t15-,19-,20-/m1/s1. The monoisotopic (exact) mass is 342 g/mol. The maximum Gasteiger partial charge on any atom is 0.225 e. The maximum absolute atomic E-state index is 12.8. The molecule has 1 N–H and O–H groups in total. The first-order valence-electron chi connectivity index (χ1n) is 9.92. The molecule has 1 aliphatic carbocycles. The molecule has 0 radical (unpaired) electrons. The number of aliphatic hydroxyl groups excluding tert-OH is 1. The van der Waals surface area contributed by atoms with Gasteiger partial charge in [0.2, 0.25) is 5.91 Å². The van der Waals surface area contributed by atoms with Gasteiger partial charge in [-0.25, -0.2) is 0 Å². The predicted molar refractivity (Wildman–Crippen MR) is 98.2 cm³/mol. The Hall–Kier alpha value is -1.39. The van der Waals surface area contributed by atoms with Gasteiger partial charge in [-0.2, -0.15) is 0 Å². The zero-order chi connectivity index (χ0) is 17.4. The van der Waals surface area contributed by atoms with Crippen LogP contribution in [0.4, 0.5) is 0 Å². The highest BCUT2D eigenvalue weighted by Crippen LogP contribution is 2.36. The van der Waals surface area contributed by atoms with Crippen molar-refractivity contribution in [2.24, 2.45) is 11.8 Å². The summed E-state index contributed by atoms with van der Waals surface area (Å²) in [5, 5.41) is 10.7. The molecule has 0 unspecified atom stereocenters. The zero-order valence-electron chi connectivity index (χ0n) is 15.2. The molecule has 0 aromatic heterocycles. The van der Waals surface area contributed by atoms with Gasteiger partial charge in [-0.15, -0.1) is 0 Å². The van der Waals surface area contributed by atoms with Gasteiger partial charge in [0.1, 0.15) is 0 Å². The first kappa shape index (κ1) is 17.0. The van der Waals surface area contributed by atoms with Crippen LogP contribution in [0.1, 0.15) is 49.8 Å². The first-order valence-corrected chi connectivity index (χ1v) is 9.92. The van der Waals surface area contributed by atoms with Crippen LogP contribution in [0.2, 0.25) is 0 Å². The molecule has 4 heteroatoms. The molecule has 0 saturated carbocycles. The number of likely N-dealkylation sites (tertiary alicyclic amines) is 2. The number of piperidine rings is 2. The smallest absolute Gasteiger partial charge is 0.225 e. The normalized spacial score (nSPS) is 31.1. The molecule has 1 aromatic rings. The molecular weight excluding hydrogens is 312 g/mol. The van der Waals surface area contributed by atoms with Gasteiger partial charge >= 0.3 is 0 Å². The largest absolute Gasteiger partial charge is 0.387 e. The summed E-state index contributed by atoms with van der Waals surface area (Å²) in [5.74, 6) is 1.20. The molecule has 2 fully saturated rings. The summed E-state index contributed by atoms with van der Waals surface area (Å²) >= 11 is 0. The van der Waals surface area contributed by atoms with Gasteiger partial charge in [0, 0.05) is 25.0 Å². The van der Waals surface area contributed by atoms with E-state index in [2.05, 4.69) is 28.9 Å². The van der Waals surface area contributed by atoms with Crippen LogP contribution in [-0.2, 0) is 11.2 Å². The minimum atomic E-state index is -0.383. The Labute approximate surface area is 150 Å². The van der Waals surface area contributed by atoms with Crippen molar-refractivity contribution in [1.82, 2.24) is 9.80 Å². The van der Waals surface area contributed by atoms with Gasteiger partial charge in [-0.3, -0.25) is 9.69 Å². The SMILES string of the molecule is C[C@@H]1CCCN(C(=O)C2CCN([C@@H]3Cc4ccccc4[C@H]3O)CC2)C1. The highest BCUT2D eigenvalue weighted by Gasteiger charge is 2.38. The molecule has 4 nitrogen and oxygen atoms in total. The third kappa shape index (κ3) is 3.34. The second kappa shape index (κ2) is 7.08. The Bertz CT molecular complexity index is 624. The van der Waals surface area contributed by atoms with Crippen LogP contribution in [0.25, 0.3) is 0 Å². The lowest BCUT2D eigenvalue weighted by atomic mass is 9.91. The van der Waals surface area contributed by atoms with E-state index in [0.29, 0.717) is 11.8 Å². The molecule has 1 amide bonds. The molecule has 2 heterocycles. The molecule has 25 heavy (non-hydrogen) atoms. The zero-order valence-corrected chi connectivity index (χ0v) is 15.2. The van der Waals surface area contributed by atoms with E-state index < -0.39 is 0 Å². The van der Waals surface area contributed by atoms with Gasteiger partial charge < -0.3 is 10.0 Å². The average molecular weight is 342 g/mol. The van der Waals surface area contributed by atoms with Crippen molar-refractivity contribution in [3.8, 4) is 0 Å². The Morgan fingerprint density at radius 1 is 1.12 bits per heavy atom. The van der Waals surface area contributed by atoms with Crippen LogP contribution in [0.5, 0.6) is 0 Å². The van der Waals surface area contributed by atoms with Crippen LogP contribution >= 0.6 is 0 Å². The summed E-state index contributed by atoms with van der Waals surface area (Å²) in [5.41, 5.74) is 2.37.